The second-order valence-corrected chi connectivity index (χ2v) is 9.91. The fourth-order valence-corrected chi connectivity index (χ4v) is 4.58. The third-order valence-corrected chi connectivity index (χ3v) is 6.85. The van der Waals surface area contributed by atoms with Gasteiger partial charge in [-0.05, 0) is 49.9 Å². The highest BCUT2D eigenvalue weighted by Crippen LogP contribution is 2.29. The number of hydrogen-bond acceptors (Lipinski definition) is 8. The molecule has 9 nitrogen and oxygen atoms in total. The first-order chi connectivity index (χ1) is 17.4. The van der Waals surface area contributed by atoms with Crippen molar-refractivity contribution in [3.05, 3.63) is 82.3 Å². The van der Waals surface area contributed by atoms with E-state index >= 15 is 0 Å². The van der Waals surface area contributed by atoms with Gasteiger partial charge < -0.3 is 14.5 Å². The Morgan fingerprint density at radius 3 is 2.43 bits per heavy atom. The number of likely N-dealkylation sites (N-methyl/N-ethyl adjacent to an activating group) is 1. The van der Waals surface area contributed by atoms with E-state index in [1.54, 1.807) is 19.1 Å². The minimum absolute atomic E-state index is 0.148. The molecule has 0 aliphatic heterocycles. The topological polar surface area (TPSA) is 132 Å². The summed E-state index contributed by atoms with van der Waals surface area (Å²) < 4.78 is 61.6. The van der Waals surface area contributed by atoms with Crippen LogP contribution in [0.5, 0.6) is 0 Å². The highest BCUT2D eigenvalue weighted by atomic mass is 35.5. The van der Waals surface area contributed by atoms with Gasteiger partial charge in [-0.2, -0.15) is 0 Å². The maximum Gasteiger partial charge on any atom is 0.341 e. The van der Waals surface area contributed by atoms with Crippen molar-refractivity contribution < 1.29 is 35.9 Å². The molecule has 0 saturated heterocycles. The molecule has 13 heteroatoms. The molecule has 0 spiro atoms. The van der Waals surface area contributed by atoms with Gasteiger partial charge in [-0.1, -0.05) is 18.5 Å². The van der Waals surface area contributed by atoms with Crippen LogP contribution in [0.4, 0.5) is 14.5 Å². The van der Waals surface area contributed by atoms with Crippen LogP contribution in [-0.2, 0) is 21.3 Å². The molecule has 198 valence electrons. The Bertz CT molecular complexity index is 1380. The molecule has 1 unspecified atom stereocenters. The van der Waals surface area contributed by atoms with Crippen LogP contribution in [0, 0.1) is 11.6 Å². The van der Waals surface area contributed by atoms with Crippen molar-refractivity contribution in [1.29, 1.82) is 0 Å². The lowest BCUT2D eigenvalue weighted by molar-refractivity contribution is 0.0137. The zero-order valence-electron chi connectivity index (χ0n) is 19.8. The molecule has 0 saturated carbocycles. The molecule has 1 heterocycles. The number of carbonyl (C=O) groups excluding carboxylic acids is 2. The van der Waals surface area contributed by atoms with Gasteiger partial charge in [-0.25, -0.2) is 27.1 Å². The fraction of sp³-hybridized carbons (Fsp3) is 0.250. The van der Waals surface area contributed by atoms with Gasteiger partial charge in [0, 0.05) is 11.6 Å². The number of hydrogen-bond donors (Lipinski definition) is 2. The van der Waals surface area contributed by atoms with Crippen LogP contribution in [0.2, 0.25) is 5.02 Å². The largest absolute Gasteiger partial charge is 0.467 e. The van der Waals surface area contributed by atoms with Crippen molar-refractivity contribution >= 4 is 39.1 Å². The average molecular weight is 556 g/mol. The van der Waals surface area contributed by atoms with Crippen LogP contribution in [-0.4, -0.2) is 44.4 Å². The number of benzene rings is 2. The predicted octanol–water partition coefficient (Wildman–Crippen LogP) is 4.18. The lowest BCUT2D eigenvalue weighted by Gasteiger charge is -2.26. The van der Waals surface area contributed by atoms with Gasteiger partial charge in [0.05, 0.1) is 35.1 Å². The van der Waals surface area contributed by atoms with E-state index in [1.165, 1.54) is 24.2 Å². The normalized spacial score (nSPS) is 12.4. The number of nitrogens with zero attached hydrogens (tertiary/aromatic N) is 1. The molecule has 37 heavy (non-hydrogen) atoms. The molecule has 1 atom stereocenters. The van der Waals surface area contributed by atoms with E-state index < -0.39 is 44.3 Å². The van der Waals surface area contributed by atoms with Gasteiger partial charge in [0.1, 0.15) is 29.0 Å². The Hall–Kier alpha value is -3.32. The second-order valence-electron chi connectivity index (χ2n) is 7.97. The van der Waals surface area contributed by atoms with E-state index in [-0.39, 0.29) is 41.7 Å². The molecule has 0 amide bonds. The Labute approximate surface area is 217 Å². The smallest absolute Gasteiger partial charge is 0.341 e. The number of esters is 1. The number of anilines is 1. The predicted molar refractivity (Wildman–Crippen MR) is 132 cm³/mol. The lowest BCUT2D eigenvalue weighted by Crippen LogP contribution is -2.41. The maximum absolute atomic E-state index is 13.6. The quantitative estimate of drug-likeness (QED) is 0.205. The zero-order chi connectivity index (χ0) is 27.3. The third-order valence-electron chi connectivity index (χ3n) is 5.47. The molecular weight excluding hydrogens is 532 g/mol. The van der Waals surface area contributed by atoms with Crippen molar-refractivity contribution in [3.8, 4) is 0 Å². The number of rotatable bonds is 11. The second kappa shape index (κ2) is 11.8. The molecule has 0 aliphatic rings. The minimum atomic E-state index is -4.27. The van der Waals surface area contributed by atoms with E-state index in [2.05, 4.69) is 5.32 Å². The number of primary sulfonamides is 1. The van der Waals surface area contributed by atoms with Crippen LogP contribution >= 0.6 is 11.6 Å². The van der Waals surface area contributed by atoms with E-state index in [0.717, 1.165) is 18.2 Å². The number of halogens is 3. The van der Waals surface area contributed by atoms with Crippen molar-refractivity contribution in [2.45, 2.75) is 31.3 Å². The van der Waals surface area contributed by atoms with Crippen molar-refractivity contribution in [2.24, 2.45) is 5.14 Å². The Morgan fingerprint density at radius 2 is 1.86 bits per heavy atom. The van der Waals surface area contributed by atoms with Crippen LogP contribution in [0.15, 0.2) is 58.0 Å². The average Bonchev–Trinajstić information content (AvgIpc) is 3.34. The highest BCUT2D eigenvalue weighted by molar-refractivity contribution is 7.89. The van der Waals surface area contributed by atoms with Gasteiger partial charge in [0.15, 0.2) is 5.78 Å². The number of ether oxygens (including phenoxy) is 1. The van der Waals surface area contributed by atoms with E-state index in [9.17, 15) is 26.8 Å². The Kier molecular flexibility index (Phi) is 9.02. The maximum atomic E-state index is 13.6. The summed E-state index contributed by atoms with van der Waals surface area (Å²) >= 11 is 6.08. The number of ketones is 1. The van der Waals surface area contributed by atoms with Gasteiger partial charge in [0.25, 0.3) is 0 Å². The van der Waals surface area contributed by atoms with Crippen LogP contribution < -0.4 is 10.5 Å². The molecule has 1 aromatic heterocycles. The summed E-state index contributed by atoms with van der Waals surface area (Å²) in [7, 11) is -4.27. The molecule has 3 aromatic rings. The highest BCUT2D eigenvalue weighted by Gasteiger charge is 2.26. The van der Waals surface area contributed by atoms with Gasteiger partial charge in [-0.15, -0.1) is 0 Å². The number of nitrogens with two attached hydrogens (primary N) is 1. The van der Waals surface area contributed by atoms with E-state index in [0.29, 0.717) is 11.8 Å². The summed E-state index contributed by atoms with van der Waals surface area (Å²) in [5.74, 6) is -2.77. The summed E-state index contributed by atoms with van der Waals surface area (Å²) in [5, 5.41) is 7.95. The van der Waals surface area contributed by atoms with E-state index in [1.807, 2.05) is 0 Å². The first kappa shape index (κ1) is 28.3. The number of carbonyl (C=O) groups is 2. The third kappa shape index (κ3) is 7.13. The molecule has 0 bridgehead atoms. The molecule has 3 N–H and O–H groups in total. The Morgan fingerprint density at radius 1 is 1.19 bits per heavy atom. The fourth-order valence-electron chi connectivity index (χ4n) is 3.48. The SMILES string of the molecule is CCN(COC(=O)c1cc(S(N)(=O)=O)c(Cl)cc1NCc1ccco1)C(C)C(=O)c1cc(F)cc(F)c1. The van der Waals surface area contributed by atoms with Crippen molar-refractivity contribution in [2.75, 3.05) is 18.6 Å². The van der Waals surface area contributed by atoms with Crippen LogP contribution in [0.1, 0.15) is 40.3 Å². The summed E-state index contributed by atoms with van der Waals surface area (Å²) in [6.45, 7) is 3.20. The minimum Gasteiger partial charge on any atom is -0.467 e. The molecular formula is C24H24ClF2N3O6S. The van der Waals surface area contributed by atoms with Crippen LogP contribution in [0.3, 0.4) is 0 Å². The number of furan rings is 1. The number of nitrogens with one attached hydrogen (secondary N) is 1. The van der Waals surface area contributed by atoms with Gasteiger partial charge in [0.2, 0.25) is 10.0 Å². The zero-order valence-corrected chi connectivity index (χ0v) is 21.4. The molecule has 0 aliphatic carbocycles. The summed E-state index contributed by atoms with van der Waals surface area (Å²) in [6, 6.07) is 7.16. The molecule has 3 rings (SSSR count). The molecule has 0 radical (unpaired) electrons. The Balaban J connectivity index is 1.81. The lowest BCUT2D eigenvalue weighted by atomic mass is 10.0. The number of Topliss-reactive ketones (excluding diaryl/α,β-unsaturated/α-hetero) is 1. The molecule has 2 aromatic carbocycles. The van der Waals surface area contributed by atoms with E-state index in [4.69, 9.17) is 25.9 Å². The summed E-state index contributed by atoms with van der Waals surface area (Å²) in [5.41, 5.74) is -0.196. The van der Waals surface area contributed by atoms with Gasteiger partial charge >= 0.3 is 5.97 Å². The standard InChI is InChI=1S/C24H24ClF2N3O6S/c1-3-30(14(2)23(31)15-7-16(26)9-17(27)8-15)13-36-24(32)19-10-22(37(28,33)34)20(25)11-21(19)29-12-18-5-4-6-35-18/h4-11,14,29H,3,12-13H2,1-2H3,(H2,28,33,34). The number of sulfonamides is 1. The van der Waals surface area contributed by atoms with Crippen LogP contribution in [0.25, 0.3) is 0 Å². The first-order valence-corrected chi connectivity index (χ1v) is 12.9. The van der Waals surface area contributed by atoms with Crippen molar-refractivity contribution in [3.63, 3.8) is 0 Å². The first-order valence-electron chi connectivity index (χ1n) is 10.9. The van der Waals surface area contributed by atoms with Gasteiger partial charge in [-0.3, -0.25) is 9.69 Å². The summed E-state index contributed by atoms with van der Waals surface area (Å²) in [4.78, 5) is 26.8. The molecule has 0 fully saturated rings. The summed E-state index contributed by atoms with van der Waals surface area (Å²) in [6.07, 6.45) is 1.46. The van der Waals surface area contributed by atoms with Crippen molar-refractivity contribution in [1.82, 2.24) is 4.90 Å². The monoisotopic (exact) mass is 555 g/mol.